The number of anilines is 1. The van der Waals surface area contributed by atoms with Crippen molar-refractivity contribution < 1.29 is 23.9 Å². The van der Waals surface area contributed by atoms with Crippen LogP contribution in [-0.2, 0) is 14.4 Å². The highest BCUT2D eigenvalue weighted by Gasteiger charge is 2.35. The summed E-state index contributed by atoms with van der Waals surface area (Å²) < 4.78 is 13.4. The highest BCUT2D eigenvalue weighted by Crippen LogP contribution is 2.35. The molecule has 2 aliphatic heterocycles. The molecule has 6 nitrogen and oxygen atoms in total. The van der Waals surface area contributed by atoms with Crippen molar-refractivity contribution in [2.45, 2.75) is 38.0 Å². The van der Waals surface area contributed by atoms with Crippen LogP contribution >= 0.6 is 0 Å². The molecule has 0 spiro atoms. The summed E-state index contributed by atoms with van der Waals surface area (Å²) in [6.07, 6.45) is 2.43. The summed E-state index contributed by atoms with van der Waals surface area (Å²) in [5, 5.41) is 11.4. The number of aliphatic carboxylic acids is 1. The molecule has 2 unspecified atom stereocenters. The van der Waals surface area contributed by atoms with Crippen LogP contribution in [0.3, 0.4) is 0 Å². The van der Waals surface area contributed by atoms with Crippen LogP contribution in [0.25, 0.3) is 0 Å². The number of benzene rings is 1. The van der Waals surface area contributed by atoms with Gasteiger partial charge in [-0.05, 0) is 42.9 Å². The molecule has 0 radical (unpaired) electrons. The van der Waals surface area contributed by atoms with E-state index in [0.717, 1.165) is 12.8 Å². The van der Waals surface area contributed by atoms with Crippen molar-refractivity contribution in [3.63, 3.8) is 0 Å². The Morgan fingerprint density at radius 2 is 2.16 bits per heavy atom. The molecule has 2 amide bonds. The maximum Gasteiger partial charge on any atom is 0.303 e. The minimum Gasteiger partial charge on any atom is -0.481 e. The van der Waals surface area contributed by atoms with Crippen molar-refractivity contribution in [1.29, 1.82) is 0 Å². The molecule has 7 heteroatoms. The summed E-state index contributed by atoms with van der Waals surface area (Å²) in [7, 11) is 0. The first kappa shape index (κ1) is 17.4. The lowest BCUT2D eigenvalue weighted by Gasteiger charge is -2.36. The molecule has 2 N–H and O–H groups in total. The van der Waals surface area contributed by atoms with Gasteiger partial charge in [0.15, 0.2) is 0 Å². The molecule has 1 fully saturated rings. The summed E-state index contributed by atoms with van der Waals surface area (Å²) >= 11 is 0. The van der Waals surface area contributed by atoms with E-state index in [1.807, 2.05) is 0 Å². The fourth-order valence-corrected chi connectivity index (χ4v) is 3.71. The Morgan fingerprint density at radius 3 is 2.92 bits per heavy atom. The predicted octanol–water partition coefficient (Wildman–Crippen LogP) is 2.35. The number of carboxylic acids is 1. The number of piperidine rings is 1. The molecule has 1 aromatic carbocycles. The number of amides is 2. The first-order valence-corrected chi connectivity index (χ1v) is 8.54. The fraction of sp³-hybridized carbons (Fsp3) is 0.500. The van der Waals surface area contributed by atoms with E-state index >= 15 is 0 Å². The lowest BCUT2D eigenvalue weighted by molar-refractivity contribution is -0.138. The van der Waals surface area contributed by atoms with Crippen LogP contribution in [0.5, 0.6) is 0 Å². The first-order chi connectivity index (χ1) is 11.9. The van der Waals surface area contributed by atoms with Gasteiger partial charge in [-0.2, -0.15) is 0 Å². The Balaban J connectivity index is 1.74. The zero-order valence-corrected chi connectivity index (χ0v) is 13.8. The summed E-state index contributed by atoms with van der Waals surface area (Å²) in [6.45, 7) is 1.12. The number of fused-ring (bicyclic) bond motifs is 1. The smallest absolute Gasteiger partial charge is 0.303 e. The van der Waals surface area contributed by atoms with E-state index in [1.165, 1.54) is 12.1 Å². The van der Waals surface area contributed by atoms with Gasteiger partial charge in [0.25, 0.3) is 0 Å². The minimum atomic E-state index is -0.830. The summed E-state index contributed by atoms with van der Waals surface area (Å²) in [5.74, 6) is -2.16. The van der Waals surface area contributed by atoms with Crippen LogP contribution in [0.1, 0.15) is 43.6 Å². The van der Waals surface area contributed by atoms with Crippen LogP contribution in [-0.4, -0.2) is 40.9 Å². The van der Waals surface area contributed by atoms with Gasteiger partial charge in [-0.1, -0.05) is 6.07 Å². The molecule has 0 bridgehead atoms. The van der Waals surface area contributed by atoms with Gasteiger partial charge in [-0.25, -0.2) is 4.39 Å². The van der Waals surface area contributed by atoms with Gasteiger partial charge in [0.2, 0.25) is 11.8 Å². The predicted molar refractivity (Wildman–Crippen MR) is 88.6 cm³/mol. The zero-order valence-electron chi connectivity index (χ0n) is 13.8. The summed E-state index contributed by atoms with van der Waals surface area (Å²) in [5.41, 5.74) is 0.993. The molecule has 1 aromatic rings. The SMILES string of the molecule is O=C(O)CCC1CCCN(C(=O)C2CC(=O)Nc3cc(F)ccc32)C1. The van der Waals surface area contributed by atoms with Crippen molar-refractivity contribution in [2.75, 3.05) is 18.4 Å². The van der Waals surface area contributed by atoms with Crippen molar-refractivity contribution in [1.82, 2.24) is 4.90 Å². The van der Waals surface area contributed by atoms with Crippen molar-refractivity contribution in [3.05, 3.63) is 29.6 Å². The number of carboxylic acid groups (broad SMARTS) is 1. The Labute approximate surface area is 145 Å². The van der Waals surface area contributed by atoms with Gasteiger partial charge >= 0.3 is 5.97 Å². The Morgan fingerprint density at radius 1 is 1.36 bits per heavy atom. The number of hydrogen-bond acceptors (Lipinski definition) is 3. The van der Waals surface area contributed by atoms with E-state index in [-0.39, 0.29) is 30.6 Å². The molecule has 134 valence electrons. The number of hydrogen-bond donors (Lipinski definition) is 2. The van der Waals surface area contributed by atoms with E-state index in [1.54, 1.807) is 11.0 Å². The van der Waals surface area contributed by atoms with Gasteiger partial charge in [0.05, 0.1) is 5.92 Å². The van der Waals surface area contributed by atoms with Gasteiger partial charge in [-0.3, -0.25) is 14.4 Å². The number of halogens is 1. The highest BCUT2D eigenvalue weighted by atomic mass is 19.1. The van der Waals surface area contributed by atoms with Crippen molar-refractivity contribution in [2.24, 2.45) is 5.92 Å². The highest BCUT2D eigenvalue weighted by molar-refractivity contribution is 6.01. The van der Waals surface area contributed by atoms with Gasteiger partial charge < -0.3 is 15.3 Å². The number of carbonyl (C=O) groups excluding carboxylic acids is 2. The van der Waals surface area contributed by atoms with E-state index < -0.39 is 17.7 Å². The number of carbonyl (C=O) groups is 3. The van der Waals surface area contributed by atoms with Crippen molar-refractivity contribution in [3.8, 4) is 0 Å². The zero-order chi connectivity index (χ0) is 18.0. The monoisotopic (exact) mass is 348 g/mol. The van der Waals surface area contributed by atoms with E-state index in [2.05, 4.69) is 5.32 Å². The lowest BCUT2D eigenvalue weighted by Crippen LogP contribution is -2.44. The number of rotatable bonds is 4. The van der Waals surface area contributed by atoms with Crippen LogP contribution in [0.2, 0.25) is 0 Å². The Bertz CT molecular complexity index is 706. The van der Waals surface area contributed by atoms with E-state index in [0.29, 0.717) is 30.8 Å². The maximum absolute atomic E-state index is 13.4. The van der Waals surface area contributed by atoms with Crippen LogP contribution in [0.4, 0.5) is 10.1 Å². The third-order valence-corrected chi connectivity index (χ3v) is 4.95. The number of nitrogens with zero attached hydrogens (tertiary/aromatic N) is 1. The average Bonchev–Trinajstić information content (AvgIpc) is 2.58. The standard InChI is InChI=1S/C18H21FN2O4/c19-12-4-5-13-14(9-16(22)20-15(13)8-12)18(25)21-7-1-2-11(10-21)3-6-17(23)24/h4-5,8,11,14H,1-3,6-7,9-10H2,(H,20,22)(H,23,24). The maximum atomic E-state index is 13.4. The molecule has 2 aliphatic rings. The van der Waals surface area contributed by atoms with Crippen LogP contribution < -0.4 is 5.32 Å². The van der Waals surface area contributed by atoms with Gasteiger partial charge in [0.1, 0.15) is 5.82 Å². The molecule has 25 heavy (non-hydrogen) atoms. The first-order valence-electron chi connectivity index (χ1n) is 8.54. The molecule has 3 rings (SSSR count). The lowest BCUT2D eigenvalue weighted by atomic mass is 9.87. The largest absolute Gasteiger partial charge is 0.481 e. The quantitative estimate of drug-likeness (QED) is 0.874. The van der Waals surface area contributed by atoms with Gasteiger partial charge in [-0.15, -0.1) is 0 Å². The normalized spacial score (nSPS) is 22.9. The molecule has 1 saturated heterocycles. The molecule has 0 aliphatic carbocycles. The van der Waals surface area contributed by atoms with E-state index in [4.69, 9.17) is 5.11 Å². The van der Waals surface area contributed by atoms with Crippen LogP contribution in [0, 0.1) is 11.7 Å². The number of likely N-dealkylation sites (tertiary alicyclic amines) is 1. The fourth-order valence-electron chi connectivity index (χ4n) is 3.71. The minimum absolute atomic E-state index is 0.0494. The molecule has 0 aromatic heterocycles. The second kappa shape index (κ2) is 7.21. The van der Waals surface area contributed by atoms with Crippen molar-refractivity contribution >= 4 is 23.5 Å². The second-order valence-electron chi connectivity index (χ2n) is 6.76. The average molecular weight is 348 g/mol. The number of nitrogens with one attached hydrogen (secondary N) is 1. The molecule has 2 heterocycles. The molecule has 0 saturated carbocycles. The Kier molecular flexibility index (Phi) is 5.01. The third-order valence-electron chi connectivity index (χ3n) is 4.95. The molecular formula is C18H21FN2O4. The summed E-state index contributed by atoms with van der Waals surface area (Å²) in [4.78, 5) is 37.4. The second-order valence-corrected chi connectivity index (χ2v) is 6.76. The Hall–Kier alpha value is -2.44. The van der Waals surface area contributed by atoms with E-state index in [9.17, 15) is 18.8 Å². The van der Waals surface area contributed by atoms with Crippen LogP contribution in [0.15, 0.2) is 18.2 Å². The topological polar surface area (TPSA) is 86.7 Å². The van der Waals surface area contributed by atoms with Gasteiger partial charge in [0, 0.05) is 31.6 Å². The third kappa shape index (κ3) is 3.97. The molecule has 2 atom stereocenters. The summed E-state index contributed by atoms with van der Waals surface area (Å²) in [6, 6.07) is 4.08. The molecular weight excluding hydrogens is 327 g/mol.